The van der Waals surface area contributed by atoms with Crippen LogP contribution < -0.4 is 0 Å². The van der Waals surface area contributed by atoms with Crippen molar-refractivity contribution in [2.45, 2.75) is 18.9 Å². The molecule has 5 heteroatoms. The SMILES string of the molecule is COC[C@@H]1CCCN1C(=O)c1ccc(-c2nc3ccccc3[nH]2)cc1. The number of benzene rings is 2. The van der Waals surface area contributed by atoms with Gasteiger partial charge >= 0.3 is 0 Å². The van der Waals surface area contributed by atoms with Crippen LogP contribution in [0, 0.1) is 0 Å². The van der Waals surface area contributed by atoms with Crippen LogP contribution in [-0.4, -0.2) is 47.1 Å². The van der Waals surface area contributed by atoms with Crippen LogP contribution in [0.15, 0.2) is 48.5 Å². The summed E-state index contributed by atoms with van der Waals surface area (Å²) in [6, 6.07) is 15.8. The van der Waals surface area contributed by atoms with Gasteiger partial charge in [-0.25, -0.2) is 4.98 Å². The number of hydrogen-bond acceptors (Lipinski definition) is 3. The summed E-state index contributed by atoms with van der Waals surface area (Å²) in [5.74, 6) is 0.898. The van der Waals surface area contributed by atoms with Crippen molar-refractivity contribution >= 4 is 16.9 Å². The first-order valence-electron chi connectivity index (χ1n) is 8.61. The summed E-state index contributed by atoms with van der Waals surface area (Å²) in [4.78, 5) is 22.6. The topological polar surface area (TPSA) is 58.2 Å². The van der Waals surface area contributed by atoms with Crippen molar-refractivity contribution in [3.05, 3.63) is 54.1 Å². The largest absolute Gasteiger partial charge is 0.383 e. The number of carbonyl (C=O) groups excluding carboxylic acids is 1. The van der Waals surface area contributed by atoms with Crippen molar-refractivity contribution < 1.29 is 9.53 Å². The summed E-state index contributed by atoms with van der Waals surface area (Å²) in [6.45, 7) is 1.40. The minimum absolute atomic E-state index is 0.0794. The van der Waals surface area contributed by atoms with Gasteiger partial charge < -0.3 is 14.6 Å². The molecule has 1 aliphatic rings. The molecule has 1 fully saturated rings. The molecule has 0 bridgehead atoms. The Morgan fingerprint density at radius 3 is 2.80 bits per heavy atom. The van der Waals surface area contributed by atoms with Crippen molar-refractivity contribution in [1.82, 2.24) is 14.9 Å². The van der Waals surface area contributed by atoms with Gasteiger partial charge in [0.1, 0.15) is 5.82 Å². The second-order valence-electron chi connectivity index (χ2n) is 6.43. The molecule has 4 rings (SSSR count). The van der Waals surface area contributed by atoms with Crippen molar-refractivity contribution in [2.75, 3.05) is 20.3 Å². The number of nitrogens with zero attached hydrogens (tertiary/aromatic N) is 2. The molecule has 1 saturated heterocycles. The van der Waals surface area contributed by atoms with Gasteiger partial charge in [-0.15, -0.1) is 0 Å². The Morgan fingerprint density at radius 2 is 2.04 bits per heavy atom. The summed E-state index contributed by atoms with van der Waals surface area (Å²) in [6.07, 6.45) is 2.05. The highest BCUT2D eigenvalue weighted by molar-refractivity contribution is 5.95. The number of carbonyl (C=O) groups is 1. The third-order valence-corrected chi connectivity index (χ3v) is 4.79. The van der Waals surface area contributed by atoms with Crippen LogP contribution in [0.1, 0.15) is 23.2 Å². The second kappa shape index (κ2) is 6.69. The maximum absolute atomic E-state index is 12.8. The van der Waals surface area contributed by atoms with Crippen LogP contribution in [0.4, 0.5) is 0 Å². The van der Waals surface area contributed by atoms with Gasteiger partial charge in [0, 0.05) is 24.8 Å². The smallest absolute Gasteiger partial charge is 0.254 e. The molecule has 3 aromatic rings. The fraction of sp³-hybridized carbons (Fsp3) is 0.300. The van der Waals surface area contributed by atoms with Gasteiger partial charge in [-0.2, -0.15) is 0 Å². The molecule has 0 unspecified atom stereocenters. The lowest BCUT2D eigenvalue weighted by atomic mass is 10.1. The number of aromatic nitrogens is 2. The number of amides is 1. The molecule has 0 radical (unpaired) electrons. The minimum atomic E-state index is 0.0794. The number of hydrogen-bond donors (Lipinski definition) is 1. The van der Waals surface area contributed by atoms with Crippen LogP contribution in [0.3, 0.4) is 0 Å². The Labute approximate surface area is 146 Å². The number of methoxy groups -OCH3 is 1. The molecule has 1 aromatic heterocycles. The summed E-state index contributed by atoms with van der Waals surface area (Å²) < 4.78 is 5.24. The Bertz CT molecular complexity index is 852. The first-order valence-corrected chi connectivity index (χ1v) is 8.61. The van der Waals surface area contributed by atoms with Gasteiger partial charge in [-0.05, 0) is 37.1 Å². The number of ether oxygens (including phenoxy) is 1. The molecule has 1 N–H and O–H groups in total. The van der Waals surface area contributed by atoms with E-state index < -0.39 is 0 Å². The van der Waals surface area contributed by atoms with Gasteiger partial charge in [-0.3, -0.25) is 4.79 Å². The second-order valence-corrected chi connectivity index (χ2v) is 6.43. The number of nitrogens with one attached hydrogen (secondary N) is 1. The van der Waals surface area contributed by atoms with Gasteiger partial charge in [-0.1, -0.05) is 24.3 Å². The van der Waals surface area contributed by atoms with Crippen molar-refractivity contribution in [3.63, 3.8) is 0 Å². The lowest BCUT2D eigenvalue weighted by Gasteiger charge is -2.24. The predicted octanol–water partition coefficient (Wildman–Crippen LogP) is 3.48. The van der Waals surface area contributed by atoms with E-state index >= 15 is 0 Å². The maximum atomic E-state index is 12.8. The van der Waals surface area contributed by atoms with E-state index in [0.717, 1.165) is 41.8 Å². The molecule has 2 aromatic carbocycles. The van der Waals surface area contributed by atoms with E-state index in [1.54, 1.807) is 7.11 Å². The highest BCUT2D eigenvalue weighted by Crippen LogP contribution is 2.23. The van der Waals surface area contributed by atoms with Crippen molar-refractivity contribution in [3.8, 4) is 11.4 Å². The monoisotopic (exact) mass is 335 g/mol. The lowest BCUT2D eigenvalue weighted by molar-refractivity contribution is 0.0630. The summed E-state index contributed by atoms with van der Waals surface area (Å²) in [5.41, 5.74) is 3.64. The third kappa shape index (κ3) is 3.03. The van der Waals surface area contributed by atoms with E-state index in [-0.39, 0.29) is 11.9 Å². The molecule has 1 amide bonds. The zero-order valence-corrected chi connectivity index (χ0v) is 14.2. The summed E-state index contributed by atoms with van der Waals surface area (Å²) >= 11 is 0. The number of rotatable bonds is 4. The zero-order valence-electron chi connectivity index (χ0n) is 14.2. The fourth-order valence-corrected chi connectivity index (χ4v) is 3.49. The molecular formula is C20H21N3O2. The molecular weight excluding hydrogens is 314 g/mol. The maximum Gasteiger partial charge on any atom is 0.254 e. The quantitative estimate of drug-likeness (QED) is 0.794. The van der Waals surface area contributed by atoms with E-state index in [1.165, 1.54) is 0 Å². The van der Waals surface area contributed by atoms with Crippen LogP contribution in [-0.2, 0) is 4.74 Å². The number of para-hydroxylation sites is 2. The molecule has 1 aliphatic heterocycles. The van der Waals surface area contributed by atoms with Gasteiger partial charge in [0.2, 0.25) is 0 Å². The van der Waals surface area contributed by atoms with Gasteiger partial charge in [0.15, 0.2) is 0 Å². The van der Waals surface area contributed by atoms with Crippen molar-refractivity contribution in [1.29, 1.82) is 0 Å². The number of imidazole rings is 1. The van der Waals surface area contributed by atoms with Crippen LogP contribution in [0.25, 0.3) is 22.4 Å². The Kier molecular flexibility index (Phi) is 4.24. The highest BCUT2D eigenvalue weighted by Gasteiger charge is 2.29. The molecule has 0 saturated carbocycles. The van der Waals surface area contributed by atoms with Gasteiger partial charge in [0.05, 0.1) is 23.7 Å². The van der Waals surface area contributed by atoms with E-state index in [4.69, 9.17) is 4.74 Å². The molecule has 1 atom stereocenters. The van der Waals surface area contributed by atoms with E-state index in [0.29, 0.717) is 12.2 Å². The first-order chi connectivity index (χ1) is 12.3. The Hall–Kier alpha value is -2.66. The number of H-pyrrole nitrogens is 1. The molecule has 0 aliphatic carbocycles. The molecule has 25 heavy (non-hydrogen) atoms. The summed E-state index contributed by atoms with van der Waals surface area (Å²) in [7, 11) is 1.68. The summed E-state index contributed by atoms with van der Waals surface area (Å²) in [5, 5.41) is 0. The van der Waals surface area contributed by atoms with E-state index in [1.807, 2.05) is 53.4 Å². The highest BCUT2D eigenvalue weighted by atomic mass is 16.5. The Balaban J connectivity index is 1.56. The third-order valence-electron chi connectivity index (χ3n) is 4.79. The van der Waals surface area contributed by atoms with Crippen molar-refractivity contribution in [2.24, 2.45) is 0 Å². The number of fused-ring (bicyclic) bond motifs is 1. The molecule has 5 nitrogen and oxygen atoms in total. The average Bonchev–Trinajstić information content (AvgIpc) is 3.28. The van der Waals surface area contributed by atoms with Crippen LogP contribution in [0.2, 0.25) is 0 Å². The normalized spacial score (nSPS) is 17.3. The number of aromatic amines is 1. The Morgan fingerprint density at radius 1 is 1.24 bits per heavy atom. The minimum Gasteiger partial charge on any atom is -0.383 e. The fourth-order valence-electron chi connectivity index (χ4n) is 3.49. The first kappa shape index (κ1) is 15.8. The lowest BCUT2D eigenvalue weighted by Crippen LogP contribution is -2.38. The molecule has 128 valence electrons. The molecule has 2 heterocycles. The number of likely N-dealkylation sites (tertiary alicyclic amines) is 1. The average molecular weight is 335 g/mol. The van der Waals surface area contributed by atoms with E-state index in [9.17, 15) is 4.79 Å². The van der Waals surface area contributed by atoms with E-state index in [2.05, 4.69) is 9.97 Å². The standard InChI is InChI=1S/C20H21N3O2/c1-25-13-16-5-4-12-23(16)20(24)15-10-8-14(9-11-15)19-21-17-6-2-3-7-18(17)22-19/h2-3,6-11,16H,4-5,12-13H2,1H3,(H,21,22)/t16-/m0/s1. The van der Waals surface area contributed by atoms with Crippen LogP contribution >= 0.6 is 0 Å². The predicted molar refractivity (Wildman–Crippen MR) is 97.5 cm³/mol. The zero-order chi connectivity index (χ0) is 17.2. The van der Waals surface area contributed by atoms with Crippen LogP contribution in [0.5, 0.6) is 0 Å². The van der Waals surface area contributed by atoms with Gasteiger partial charge in [0.25, 0.3) is 5.91 Å². The molecule has 0 spiro atoms.